The van der Waals surface area contributed by atoms with Crippen molar-refractivity contribution in [2.75, 3.05) is 6.54 Å². The number of hydrogen-bond donors (Lipinski definition) is 0. The van der Waals surface area contributed by atoms with E-state index < -0.39 is 0 Å². The molecule has 2 nitrogen and oxygen atoms in total. The van der Waals surface area contributed by atoms with Crippen LogP contribution in [0.25, 0.3) is 0 Å². The Morgan fingerprint density at radius 1 is 1.64 bits per heavy atom. The van der Waals surface area contributed by atoms with Crippen LogP contribution in [-0.2, 0) is 6.54 Å². The SMILES string of the molecule is CC1CC(C)N(Cc2csc(Cl)n2)C1. The van der Waals surface area contributed by atoms with Gasteiger partial charge in [-0.2, -0.15) is 0 Å². The summed E-state index contributed by atoms with van der Waals surface area (Å²) in [6.07, 6.45) is 1.30. The van der Waals surface area contributed by atoms with Crippen molar-refractivity contribution in [3.63, 3.8) is 0 Å². The molecule has 0 aliphatic carbocycles. The van der Waals surface area contributed by atoms with E-state index >= 15 is 0 Å². The van der Waals surface area contributed by atoms with Gasteiger partial charge in [0, 0.05) is 24.5 Å². The van der Waals surface area contributed by atoms with Crippen molar-refractivity contribution in [3.8, 4) is 0 Å². The molecule has 1 aliphatic rings. The van der Waals surface area contributed by atoms with Gasteiger partial charge >= 0.3 is 0 Å². The molecule has 4 heteroatoms. The summed E-state index contributed by atoms with van der Waals surface area (Å²) in [5.74, 6) is 0.819. The first-order chi connectivity index (χ1) is 6.65. The van der Waals surface area contributed by atoms with Crippen LogP contribution in [0.15, 0.2) is 5.38 Å². The maximum absolute atomic E-state index is 5.80. The number of halogens is 1. The largest absolute Gasteiger partial charge is 0.295 e. The first-order valence-electron chi connectivity index (χ1n) is 4.99. The van der Waals surface area contributed by atoms with Gasteiger partial charge in [-0.05, 0) is 19.3 Å². The third kappa shape index (κ3) is 2.27. The summed E-state index contributed by atoms with van der Waals surface area (Å²) < 4.78 is 0.653. The van der Waals surface area contributed by atoms with Crippen molar-refractivity contribution in [1.29, 1.82) is 0 Å². The number of hydrogen-bond acceptors (Lipinski definition) is 3. The summed E-state index contributed by atoms with van der Waals surface area (Å²) in [6, 6.07) is 0.686. The standard InChI is InChI=1S/C10H15ClN2S/c1-7-3-8(2)13(4-7)5-9-6-14-10(11)12-9/h6-8H,3-5H2,1-2H3. The molecule has 0 N–H and O–H groups in total. The van der Waals surface area contributed by atoms with Gasteiger partial charge in [-0.1, -0.05) is 18.5 Å². The van der Waals surface area contributed by atoms with Crippen LogP contribution >= 0.6 is 22.9 Å². The van der Waals surface area contributed by atoms with E-state index in [4.69, 9.17) is 11.6 Å². The van der Waals surface area contributed by atoms with Gasteiger partial charge in [0.25, 0.3) is 0 Å². The van der Waals surface area contributed by atoms with E-state index in [1.807, 2.05) is 0 Å². The number of rotatable bonds is 2. The van der Waals surface area contributed by atoms with Crippen LogP contribution in [0.2, 0.25) is 4.47 Å². The Balaban J connectivity index is 1.98. The van der Waals surface area contributed by atoms with Crippen molar-refractivity contribution in [3.05, 3.63) is 15.5 Å². The van der Waals surface area contributed by atoms with Gasteiger partial charge in [0.05, 0.1) is 5.69 Å². The highest BCUT2D eigenvalue weighted by atomic mass is 35.5. The van der Waals surface area contributed by atoms with E-state index in [0.717, 1.165) is 18.2 Å². The molecule has 14 heavy (non-hydrogen) atoms. The van der Waals surface area contributed by atoms with Crippen molar-refractivity contribution in [1.82, 2.24) is 9.88 Å². The molecule has 2 atom stereocenters. The smallest absolute Gasteiger partial charge is 0.183 e. The van der Waals surface area contributed by atoms with Crippen molar-refractivity contribution in [2.45, 2.75) is 32.9 Å². The van der Waals surface area contributed by atoms with Crippen LogP contribution < -0.4 is 0 Å². The first kappa shape index (κ1) is 10.4. The van der Waals surface area contributed by atoms with E-state index in [-0.39, 0.29) is 0 Å². The molecule has 1 saturated heterocycles. The average molecular weight is 231 g/mol. The van der Waals surface area contributed by atoms with Crippen LogP contribution in [0.1, 0.15) is 26.0 Å². The van der Waals surface area contributed by atoms with Gasteiger partial charge in [0.2, 0.25) is 0 Å². The molecule has 0 saturated carbocycles. The van der Waals surface area contributed by atoms with Crippen LogP contribution in [-0.4, -0.2) is 22.5 Å². The van der Waals surface area contributed by atoms with Crippen molar-refractivity contribution >= 4 is 22.9 Å². The van der Waals surface area contributed by atoms with E-state index in [1.165, 1.54) is 24.3 Å². The van der Waals surface area contributed by atoms with Gasteiger partial charge in [-0.25, -0.2) is 4.98 Å². The molecule has 0 aromatic carbocycles. The summed E-state index contributed by atoms with van der Waals surface area (Å²) in [5.41, 5.74) is 1.11. The topological polar surface area (TPSA) is 16.1 Å². The fourth-order valence-electron chi connectivity index (χ4n) is 2.17. The Kier molecular flexibility index (Phi) is 3.10. The normalized spacial score (nSPS) is 28.5. The molecule has 2 unspecified atom stereocenters. The van der Waals surface area contributed by atoms with Crippen LogP contribution in [0, 0.1) is 5.92 Å². The Labute approximate surface area is 93.9 Å². The van der Waals surface area contributed by atoms with Crippen LogP contribution in [0.3, 0.4) is 0 Å². The number of aromatic nitrogens is 1. The average Bonchev–Trinajstić information content (AvgIpc) is 2.61. The highest BCUT2D eigenvalue weighted by molar-refractivity contribution is 7.13. The predicted octanol–water partition coefficient (Wildman–Crippen LogP) is 3.03. The minimum atomic E-state index is 0.653. The summed E-state index contributed by atoms with van der Waals surface area (Å²) in [7, 11) is 0. The molecule has 2 rings (SSSR count). The monoisotopic (exact) mass is 230 g/mol. The van der Waals surface area contributed by atoms with Crippen LogP contribution in [0.4, 0.5) is 0 Å². The molecule has 1 aromatic rings. The van der Waals surface area contributed by atoms with Crippen molar-refractivity contribution in [2.24, 2.45) is 5.92 Å². The number of likely N-dealkylation sites (tertiary alicyclic amines) is 1. The lowest BCUT2D eigenvalue weighted by Crippen LogP contribution is -2.26. The highest BCUT2D eigenvalue weighted by Crippen LogP contribution is 2.25. The molecule has 1 aromatic heterocycles. The molecule has 2 heterocycles. The van der Waals surface area contributed by atoms with E-state index in [9.17, 15) is 0 Å². The fourth-order valence-corrected chi connectivity index (χ4v) is 2.94. The summed E-state index contributed by atoms with van der Waals surface area (Å²) in [4.78, 5) is 6.76. The molecule has 0 amide bonds. The second kappa shape index (κ2) is 4.17. The van der Waals surface area contributed by atoms with Gasteiger partial charge in [-0.15, -0.1) is 11.3 Å². The fraction of sp³-hybridized carbons (Fsp3) is 0.700. The molecule has 0 spiro atoms. The summed E-state index contributed by atoms with van der Waals surface area (Å²) in [6.45, 7) is 6.74. The molecule has 78 valence electrons. The van der Waals surface area contributed by atoms with Crippen molar-refractivity contribution < 1.29 is 0 Å². The lowest BCUT2D eigenvalue weighted by atomic mass is 10.1. The predicted molar refractivity (Wildman–Crippen MR) is 60.8 cm³/mol. The Morgan fingerprint density at radius 2 is 2.43 bits per heavy atom. The minimum Gasteiger partial charge on any atom is -0.295 e. The van der Waals surface area contributed by atoms with Gasteiger partial charge in [0.1, 0.15) is 0 Å². The zero-order chi connectivity index (χ0) is 10.1. The quantitative estimate of drug-likeness (QED) is 0.777. The first-order valence-corrected chi connectivity index (χ1v) is 6.25. The zero-order valence-electron chi connectivity index (χ0n) is 8.53. The third-order valence-corrected chi connectivity index (χ3v) is 3.83. The molecule has 1 fully saturated rings. The van der Waals surface area contributed by atoms with E-state index in [2.05, 4.69) is 29.1 Å². The Morgan fingerprint density at radius 3 is 2.93 bits per heavy atom. The lowest BCUT2D eigenvalue weighted by molar-refractivity contribution is 0.254. The number of nitrogens with zero attached hydrogens (tertiary/aromatic N) is 2. The summed E-state index contributed by atoms with van der Waals surface area (Å²) >= 11 is 7.32. The van der Waals surface area contributed by atoms with Crippen LogP contribution in [0.5, 0.6) is 0 Å². The highest BCUT2D eigenvalue weighted by Gasteiger charge is 2.26. The minimum absolute atomic E-state index is 0.653. The second-order valence-corrected chi connectivity index (χ2v) is 5.65. The Hall–Kier alpha value is -0.120. The maximum Gasteiger partial charge on any atom is 0.183 e. The summed E-state index contributed by atoms with van der Waals surface area (Å²) in [5, 5.41) is 2.05. The van der Waals surface area contributed by atoms with Gasteiger partial charge < -0.3 is 0 Å². The third-order valence-electron chi connectivity index (χ3n) is 2.80. The molecular formula is C10H15ClN2S. The molecule has 1 aliphatic heterocycles. The lowest BCUT2D eigenvalue weighted by Gasteiger charge is -2.19. The molecule has 0 radical (unpaired) electrons. The zero-order valence-corrected chi connectivity index (χ0v) is 10.1. The van der Waals surface area contributed by atoms with E-state index in [1.54, 1.807) is 0 Å². The molecule has 0 bridgehead atoms. The maximum atomic E-state index is 5.80. The van der Waals surface area contributed by atoms with E-state index in [0.29, 0.717) is 10.5 Å². The number of thiazole rings is 1. The second-order valence-electron chi connectivity index (χ2n) is 4.21. The Bertz CT molecular complexity index is 313. The van der Waals surface area contributed by atoms with Gasteiger partial charge in [-0.3, -0.25) is 4.90 Å². The van der Waals surface area contributed by atoms with Gasteiger partial charge in [0.15, 0.2) is 4.47 Å². The molecular weight excluding hydrogens is 216 g/mol.